The molecule has 0 fully saturated rings. The Hall–Kier alpha value is -4.06. The Balaban J connectivity index is 1.31. The highest BCUT2D eigenvalue weighted by Gasteiger charge is 2.11. The predicted molar refractivity (Wildman–Crippen MR) is 139 cm³/mol. The van der Waals surface area contributed by atoms with Crippen LogP contribution in [0.2, 0.25) is 0 Å². The van der Waals surface area contributed by atoms with Gasteiger partial charge in [-0.05, 0) is 48.7 Å². The number of nitrogens with zero attached hydrogens (tertiary/aromatic N) is 2. The van der Waals surface area contributed by atoms with E-state index in [0.29, 0.717) is 25.3 Å². The predicted octanol–water partition coefficient (Wildman–Crippen LogP) is 4.97. The lowest BCUT2D eigenvalue weighted by atomic mass is 10.1. The molecule has 0 spiro atoms. The number of carbonyl (C=O) groups is 1. The minimum Gasteiger partial charge on any atom is -0.493 e. The van der Waals surface area contributed by atoms with Gasteiger partial charge in [0.15, 0.2) is 6.61 Å². The fourth-order valence-corrected chi connectivity index (χ4v) is 3.97. The maximum atomic E-state index is 12.2. The highest BCUT2D eigenvalue weighted by molar-refractivity contribution is 5.77. The van der Waals surface area contributed by atoms with Crippen molar-refractivity contribution in [2.45, 2.75) is 25.8 Å². The summed E-state index contributed by atoms with van der Waals surface area (Å²) in [5, 5.41) is 2.93. The molecule has 0 aliphatic heterocycles. The summed E-state index contributed by atoms with van der Waals surface area (Å²) in [4.78, 5) is 17.0. The second-order valence-electron chi connectivity index (χ2n) is 8.17. The first-order chi connectivity index (χ1) is 17.2. The average Bonchev–Trinajstić information content (AvgIpc) is 3.24. The number of benzene rings is 3. The van der Waals surface area contributed by atoms with Crippen molar-refractivity contribution in [3.05, 3.63) is 103 Å². The molecule has 6 nitrogen and oxygen atoms in total. The molecule has 4 rings (SSSR count). The summed E-state index contributed by atoms with van der Waals surface area (Å²) in [6, 6.07) is 25.5. The largest absolute Gasteiger partial charge is 0.493 e. The van der Waals surface area contributed by atoms with E-state index in [0.717, 1.165) is 47.6 Å². The van der Waals surface area contributed by atoms with E-state index in [1.807, 2.05) is 72.8 Å². The molecular formula is C29H31N3O3. The molecule has 0 radical (unpaired) electrons. The van der Waals surface area contributed by atoms with Gasteiger partial charge in [0.2, 0.25) is 0 Å². The van der Waals surface area contributed by atoms with E-state index in [2.05, 4.69) is 28.6 Å². The second-order valence-corrected chi connectivity index (χ2v) is 8.17. The zero-order valence-corrected chi connectivity index (χ0v) is 19.9. The number of carbonyl (C=O) groups excluding carboxylic acids is 1. The number of ether oxygens (including phenoxy) is 2. The van der Waals surface area contributed by atoms with E-state index >= 15 is 0 Å². The van der Waals surface area contributed by atoms with Crippen LogP contribution in [0.15, 0.2) is 91.5 Å². The van der Waals surface area contributed by atoms with Crippen molar-refractivity contribution < 1.29 is 14.3 Å². The van der Waals surface area contributed by atoms with Gasteiger partial charge in [-0.15, -0.1) is 6.58 Å². The number of allylic oxidation sites excluding steroid dienone is 1. The lowest BCUT2D eigenvalue weighted by Crippen LogP contribution is -2.31. The Labute approximate surface area is 206 Å². The summed E-state index contributed by atoms with van der Waals surface area (Å²) < 4.78 is 13.8. The number of nitrogens with one attached hydrogen (secondary N) is 1. The molecule has 4 aromatic rings. The Kier molecular flexibility index (Phi) is 8.54. The van der Waals surface area contributed by atoms with Crippen LogP contribution in [0.25, 0.3) is 11.0 Å². The highest BCUT2D eigenvalue weighted by atomic mass is 16.5. The van der Waals surface area contributed by atoms with Gasteiger partial charge in [0.1, 0.15) is 17.3 Å². The fraction of sp³-hybridized carbons (Fsp3) is 0.241. The molecule has 180 valence electrons. The summed E-state index contributed by atoms with van der Waals surface area (Å²) in [5.41, 5.74) is 3.19. The number of para-hydroxylation sites is 4. The number of imidazole rings is 1. The van der Waals surface area contributed by atoms with Gasteiger partial charge >= 0.3 is 0 Å². The number of aryl methyl sites for hydroxylation is 1. The van der Waals surface area contributed by atoms with Crippen molar-refractivity contribution in [1.29, 1.82) is 0 Å². The Morgan fingerprint density at radius 3 is 2.60 bits per heavy atom. The van der Waals surface area contributed by atoms with Crippen LogP contribution in [-0.2, 0) is 24.2 Å². The lowest BCUT2D eigenvalue weighted by molar-refractivity contribution is -0.123. The van der Waals surface area contributed by atoms with Gasteiger partial charge in [0.25, 0.3) is 5.91 Å². The molecular weight excluding hydrogens is 438 g/mol. The topological polar surface area (TPSA) is 65.4 Å². The maximum Gasteiger partial charge on any atom is 0.257 e. The number of aromatic nitrogens is 2. The fourth-order valence-electron chi connectivity index (χ4n) is 3.97. The number of hydrogen-bond donors (Lipinski definition) is 1. The summed E-state index contributed by atoms with van der Waals surface area (Å²) in [5.74, 6) is 2.38. The molecule has 1 N–H and O–H groups in total. The van der Waals surface area contributed by atoms with Crippen molar-refractivity contribution in [3.63, 3.8) is 0 Å². The van der Waals surface area contributed by atoms with Gasteiger partial charge in [0, 0.05) is 19.5 Å². The van der Waals surface area contributed by atoms with E-state index in [-0.39, 0.29) is 12.5 Å². The first-order valence-corrected chi connectivity index (χ1v) is 11.9. The van der Waals surface area contributed by atoms with Crippen LogP contribution in [0.5, 0.6) is 11.5 Å². The number of fused-ring (bicyclic) bond motifs is 1. The monoisotopic (exact) mass is 469 g/mol. The van der Waals surface area contributed by atoms with Crippen LogP contribution in [-0.4, -0.2) is 35.2 Å². The van der Waals surface area contributed by atoms with Crippen molar-refractivity contribution >= 4 is 16.9 Å². The quantitative estimate of drug-likeness (QED) is 0.222. The molecule has 1 aromatic heterocycles. The molecule has 0 atom stereocenters. The highest BCUT2D eigenvalue weighted by Crippen LogP contribution is 2.20. The number of rotatable bonds is 13. The second kappa shape index (κ2) is 12.4. The van der Waals surface area contributed by atoms with Gasteiger partial charge in [-0.2, -0.15) is 0 Å². The molecule has 1 amide bonds. The molecule has 3 aromatic carbocycles. The zero-order valence-electron chi connectivity index (χ0n) is 19.9. The first kappa shape index (κ1) is 24.1. The minimum atomic E-state index is -0.150. The molecule has 35 heavy (non-hydrogen) atoms. The van der Waals surface area contributed by atoms with Gasteiger partial charge in [-0.3, -0.25) is 4.79 Å². The molecule has 0 aliphatic carbocycles. The van der Waals surface area contributed by atoms with E-state index in [9.17, 15) is 4.79 Å². The molecule has 0 bridgehead atoms. The van der Waals surface area contributed by atoms with E-state index in [1.54, 1.807) is 0 Å². The van der Waals surface area contributed by atoms with Crippen LogP contribution in [0.3, 0.4) is 0 Å². The minimum absolute atomic E-state index is 0.00883. The third kappa shape index (κ3) is 6.73. The summed E-state index contributed by atoms with van der Waals surface area (Å²) in [7, 11) is 0. The molecule has 0 aliphatic rings. The summed E-state index contributed by atoms with van der Waals surface area (Å²) in [6.45, 7) is 5.70. The summed E-state index contributed by atoms with van der Waals surface area (Å²) >= 11 is 0. The Morgan fingerprint density at radius 1 is 0.971 bits per heavy atom. The molecule has 0 unspecified atom stereocenters. The van der Waals surface area contributed by atoms with Crippen molar-refractivity contribution in [3.8, 4) is 11.5 Å². The van der Waals surface area contributed by atoms with Crippen LogP contribution in [0.4, 0.5) is 0 Å². The zero-order chi connectivity index (χ0) is 24.3. The van der Waals surface area contributed by atoms with Crippen LogP contribution >= 0.6 is 0 Å². The van der Waals surface area contributed by atoms with Crippen LogP contribution in [0.1, 0.15) is 17.8 Å². The van der Waals surface area contributed by atoms with Crippen molar-refractivity contribution in [1.82, 2.24) is 14.9 Å². The van der Waals surface area contributed by atoms with Gasteiger partial charge in [-0.1, -0.05) is 54.6 Å². The number of hydrogen-bond acceptors (Lipinski definition) is 4. The van der Waals surface area contributed by atoms with Gasteiger partial charge in [0.05, 0.1) is 17.6 Å². The summed E-state index contributed by atoms with van der Waals surface area (Å²) in [6.07, 6.45) is 4.15. The first-order valence-electron chi connectivity index (χ1n) is 11.9. The van der Waals surface area contributed by atoms with Crippen LogP contribution < -0.4 is 14.8 Å². The normalized spacial score (nSPS) is 10.7. The molecule has 0 saturated carbocycles. The van der Waals surface area contributed by atoms with E-state index in [4.69, 9.17) is 14.5 Å². The Bertz CT molecular complexity index is 1250. The van der Waals surface area contributed by atoms with E-state index in [1.165, 1.54) is 0 Å². The van der Waals surface area contributed by atoms with Crippen molar-refractivity contribution in [2.24, 2.45) is 0 Å². The van der Waals surface area contributed by atoms with E-state index < -0.39 is 0 Å². The molecule has 0 saturated heterocycles. The molecule has 1 heterocycles. The standard InChI is InChI=1S/C29H31N3O3/c1-2-11-23-12-6-9-17-27(23)34-21-10-20-32-26-16-8-7-15-25(26)31-28(32)18-19-30-29(33)22-35-24-13-4-3-5-14-24/h2-9,12-17H,1,10-11,18-22H2,(H,30,33). The molecule has 6 heteroatoms. The third-order valence-corrected chi connectivity index (χ3v) is 5.64. The smallest absolute Gasteiger partial charge is 0.257 e. The third-order valence-electron chi connectivity index (χ3n) is 5.64. The van der Waals surface area contributed by atoms with Gasteiger partial charge < -0.3 is 19.4 Å². The van der Waals surface area contributed by atoms with Crippen molar-refractivity contribution in [2.75, 3.05) is 19.8 Å². The SMILES string of the molecule is C=CCc1ccccc1OCCCn1c(CCNC(=O)COc2ccccc2)nc2ccccc21. The van der Waals surface area contributed by atoms with Crippen LogP contribution in [0, 0.1) is 0 Å². The Morgan fingerprint density at radius 2 is 1.74 bits per heavy atom. The average molecular weight is 470 g/mol. The van der Waals surface area contributed by atoms with Gasteiger partial charge in [-0.25, -0.2) is 4.98 Å². The lowest BCUT2D eigenvalue weighted by Gasteiger charge is -2.13. The maximum absolute atomic E-state index is 12.2. The number of amides is 1.